The molecule has 0 fully saturated rings. The predicted molar refractivity (Wildman–Crippen MR) is 97.5 cm³/mol. The zero-order valence-corrected chi connectivity index (χ0v) is 15.1. The number of benzene rings is 2. The highest BCUT2D eigenvalue weighted by Crippen LogP contribution is 2.22. The molecule has 2 rings (SSSR count). The van der Waals surface area contributed by atoms with Crippen LogP contribution in [0.25, 0.3) is 0 Å². The highest BCUT2D eigenvalue weighted by molar-refractivity contribution is 14.1. The SMILES string of the molecule is COCCOc1ccc(NC(=O)c2ccc(OC)c(I)c2)cc1. The molecule has 122 valence electrons. The highest BCUT2D eigenvalue weighted by atomic mass is 127. The average molecular weight is 427 g/mol. The summed E-state index contributed by atoms with van der Waals surface area (Å²) < 4.78 is 16.5. The van der Waals surface area contributed by atoms with Gasteiger partial charge in [0, 0.05) is 18.4 Å². The van der Waals surface area contributed by atoms with Crippen molar-refractivity contribution in [2.45, 2.75) is 0 Å². The fraction of sp³-hybridized carbons (Fsp3) is 0.235. The Balaban J connectivity index is 1.98. The van der Waals surface area contributed by atoms with Crippen LogP contribution in [0.5, 0.6) is 11.5 Å². The number of methoxy groups -OCH3 is 2. The van der Waals surface area contributed by atoms with Crippen molar-refractivity contribution in [1.29, 1.82) is 0 Å². The first-order chi connectivity index (χ1) is 11.1. The minimum absolute atomic E-state index is 0.168. The Morgan fingerprint density at radius 2 is 1.83 bits per heavy atom. The topological polar surface area (TPSA) is 56.8 Å². The van der Waals surface area contributed by atoms with Crippen molar-refractivity contribution in [2.75, 3.05) is 32.8 Å². The maximum absolute atomic E-state index is 12.3. The van der Waals surface area contributed by atoms with Gasteiger partial charge in [-0.2, -0.15) is 0 Å². The van der Waals surface area contributed by atoms with Gasteiger partial charge in [0.15, 0.2) is 0 Å². The van der Waals surface area contributed by atoms with Gasteiger partial charge in [-0.25, -0.2) is 0 Å². The number of carbonyl (C=O) groups excluding carboxylic acids is 1. The molecule has 0 radical (unpaired) electrons. The maximum atomic E-state index is 12.3. The lowest BCUT2D eigenvalue weighted by Crippen LogP contribution is -2.12. The summed E-state index contributed by atoms with van der Waals surface area (Å²) in [6, 6.07) is 12.5. The van der Waals surface area contributed by atoms with Gasteiger partial charge in [0.2, 0.25) is 0 Å². The first kappa shape index (κ1) is 17.6. The molecule has 23 heavy (non-hydrogen) atoms. The Morgan fingerprint density at radius 1 is 1.09 bits per heavy atom. The number of carbonyl (C=O) groups is 1. The molecule has 1 amide bonds. The second-order valence-electron chi connectivity index (χ2n) is 4.67. The van der Waals surface area contributed by atoms with Gasteiger partial charge in [0.05, 0.1) is 17.3 Å². The molecule has 2 aromatic rings. The number of hydrogen-bond donors (Lipinski definition) is 1. The maximum Gasteiger partial charge on any atom is 0.255 e. The molecule has 2 aromatic carbocycles. The number of hydrogen-bond acceptors (Lipinski definition) is 4. The lowest BCUT2D eigenvalue weighted by Gasteiger charge is -2.09. The minimum atomic E-state index is -0.168. The molecule has 0 aliphatic heterocycles. The third-order valence-electron chi connectivity index (χ3n) is 3.08. The van der Waals surface area contributed by atoms with E-state index in [1.807, 2.05) is 12.1 Å². The van der Waals surface area contributed by atoms with E-state index in [9.17, 15) is 4.79 Å². The van der Waals surface area contributed by atoms with Crippen LogP contribution in [0.1, 0.15) is 10.4 Å². The number of anilines is 1. The normalized spacial score (nSPS) is 10.2. The third kappa shape index (κ3) is 5.11. The number of ether oxygens (including phenoxy) is 3. The highest BCUT2D eigenvalue weighted by Gasteiger charge is 2.09. The van der Waals surface area contributed by atoms with Gasteiger partial charge in [-0.1, -0.05) is 0 Å². The summed E-state index contributed by atoms with van der Waals surface area (Å²) in [5.41, 5.74) is 1.29. The molecule has 0 aliphatic rings. The van der Waals surface area contributed by atoms with Crippen LogP contribution in [-0.2, 0) is 4.74 Å². The summed E-state index contributed by atoms with van der Waals surface area (Å²) in [7, 11) is 3.23. The smallest absolute Gasteiger partial charge is 0.255 e. The molecular weight excluding hydrogens is 409 g/mol. The van der Waals surface area contributed by atoms with Crippen LogP contribution in [0.4, 0.5) is 5.69 Å². The second kappa shape index (κ2) is 8.73. The van der Waals surface area contributed by atoms with E-state index in [1.165, 1.54) is 0 Å². The lowest BCUT2D eigenvalue weighted by molar-refractivity contribution is 0.102. The third-order valence-corrected chi connectivity index (χ3v) is 3.93. The largest absolute Gasteiger partial charge is 0.496 e. The molecule has 5 nitrogen and oxygen atoms in total. The zero-order chi connectivity index (χ0) is 16.7. The van der Waals surface area contributed by atoms with Gasteiger partial charge in [0.25, 0.3) is 5.91 Å². The summed E-state index contributed by atoms with van der Waals surface area (Å²) in [5.74, 6) is 1.32. The molecule has 1 N–H and O–H groups in total. The second-order valence-corrected chi connectivity index (χ2v) is 5.83. The zero-order valence-electron chi connectivity index (χ0n) is 13.0. The van der Waals surface area contributed by atoms with Crippen molar-refractivity contribution >= 4 is 34.2 Å². The van der Waals surface area contributed by atoms with Crippen molar-refractivity contribution in [2.24, 2.45) is 0 Å². The van der Waals surface area contributed by atoms with Crippen LogP contribution in [0.2, 0.25) is 0 Å². The number of halogens is 1. The van der Waals surface area contributed by atoms with Crippen LogP contribution >= 0.6 is 22.6 Å². The molecule has 0 unspecified atom stereocenters. The Hall–Kier alpha value is -1.80. The Kier molecular flexibility index (Phi) is 6.66. The Bertz CT molecular complexity index is 658. The molecule has 0 atom stereocenters. The summed E-state index contributed by atoms with van der Waals surface area (Å²) in [6.07, 6.45) is 0. The predicted octanol–water partition coefficient (Wildman–Crippen LogP) is 3.58. The van der Waals surface area contributed by atoms with Crippen molar-refractivity contribution in [3.63, 3.8) is 0 Å². The van der Waals surface area contributed by atoms with E-state index in [-0.39, 0.29) is 5.91 Å². The summed E-state index contributed by atoms with van der Waals surface area (Å²) >= 11 is 2.14. The van der Waals surface area contributed by atoms with Crippen LogP contribution in [0, 0.1) is 3.57 Å². The first-order valence-corrected chi connectivity index (χ1v) is 8.08. The van der Waals surface area contributed by atoms with E-state index in [0.29, 0.717) is 24.5 Å². The molecule has 0 saturated heterocycles. The molecule has 0 bridgehead atoms. The summed E-state index contributed by atoms with van der Waals surface area (Å²) in [6.45, 7) is 1.03. The van der Waals surface area contributed by atoms with Crippen molar-refractivity contribution in [1.82, 2.24) is 0 Å². The number of amides is 1. The summed E-state index contributed by atoms with van der Waals surface area (Å²) in [4.78, 5) is 12.3. The quantitative estimate of drug-likeness (QED) is 0.542. The van der Waals surface area contributed by atoms with Crippen LogP contribution < -0.4 is 14.8 Å². The monoisotopic (exact) mass is 427 g/mol. The first-order valence-electron chi connectivity index (χ1n) is 7.00. The van der Waals surface area contributed by atoms with E-state index in [0.717, 1.165) is 15.1 Å². The van der Waals surface area contributed by atoms with Crippen LogP contribution in [0.3, 0.4) is 0 Å². The Morgan fingerprint density at radius 3 is 2.43 bits per heavy atom. The van der Waals surface area contributed by atoms with Gasteiger partial charge in [0.1, 0.15) is 18.1 Å². The van der Waals surface area contributed by atoms with E-state index in [2.05, 4.69) is 27.9 Å². The fourth-order valence-electron chi connectivity index (χ4n) is 1.89. The lowest BCUT2D eigenvalue weighted by atomic mass is 10.2. The van der Waals surface area contributed by atoms with E-state index < -0.39 is 0 Å². The van der Waals surface area contributed by atoms with Gasteiger partial charge in [-0.15, -0.1) is 0 Å². The van der Waals surface area contributed by atoms with Crippen LogP contribution in [0.15, 0.2) is 42.5 Å². The van der Waals surface area contributed by atoms with E-state index in [4.69, 9.17) is 14.2 Å². The summed E-state index contributed by atoms with van der Waals surface area (Å²) in [5, 5.41) is 2.85. The molecule has 0 aliphatic carbocycles. The molecule has 0 spiro atoms. The molecular formula is C17H18INO4. The van der Waals surface area contributed by atoms with Gasteiger partial charge < -0.3 is 19.5 Å². The average Bonchev–Trinajstić information content (AvgIpc) is 2.56. The number of rotatable bonds is 7. The van der Waals surface area contributed by atoms with Gasteiger partial charge >= 0.3 is 0 Å². The van der Waals surface area contributed by atoms with Crippen molar-refractivity contribution in [3.05, 3.63) is 51.6 Å². The molecule has 6 heteroatoms. The van der Waals surface area contributed by atoms with Crippen molar-refractivity contribution in [3.8, 4) is 11.5 Å². The molecule has 0 aromatic heterocycles. The molecule has 0 heterocycles. The van der Waals surface area contributed by atoms with Gasteiger partial charge in [-0.05, 0) is 65.1 Å². The van der Waals surface area contributed by atoms with E-state index in [1.54, 1.807) is 44.6 Å². The van der Waals surface area contributed by atoms with E-state index >= 15 is 0 Å². The Labute approximate surface area is 149 Å². The van der Waals surface area contributed by atoms with Gasteiger partial charge in [-0.3, -0.25) is 4.79 Å². The van der Waals surface area contributed by atoms with Crippen LogP contribution in [-0.4, -0.2) is 33.3 Å². The number of nitrogens with one attached hydrogen (secondary N) is 1. The minimum Gasteiger partial charge on any atom is -0.496 e. The fourth-order valence-corrected chi connectivity index (χ4v) is 2.62. The molecule has 0 saturated carbocycles. The van der Waals surface area contributed by atoms with Crippen molar-refractivity contribution < 1.29 is 19.0 Å². The standard InChI is InChI=1S/C17H18INO4/c1-21-9-10-23-14-6-4-13(5-7-14)19-17(20)12-3-8-16(22-2)15(18)11-12/h3-8,11H,9-10H2,1-2H3,(H,19,20).